The molecule has 3 nitrogen and oxygen atoms in total. The molecule has 0 radical (unpaired) electrons. The van der Waals surface area contributed by atoms with Gasteiger partial charge in [-0.25, -0.2) is 4.98 Å². The molecular weight excluding hydrogens is 308 g/mol. The molecule has 2 atom stereocenters. The summed E-state index contributed by atoms with van der Waals surface area (Å²) in [4.78, 5) is 4.54. The van der Waals surface area contributed by atoms with Gasteiger partial charge in [-0.2, -0.15) is 5.26 Å². The van der Waals surface area contributed by atoms with Crippen LogP contribution in [0.2, 0.25) is 5.02 Å². The molecule has 1 aromatic heterocycles. The van der Waals surface area contributed by atoms with Gasteiger partial charge in [0.15, 0.2) is 5.58 Å². The van der Waals surface area contributed by atoms with E-state index in [0.29, 0.717) is 16.8 Å². The van der Waals surface area contributed by atoms with Gasteiger partial charge in [-0.15, -0.1) is 0 Å². The first-order chi connectivity index (χ1) is 11.3. The summed E-state index contributed by atoms with van der Waals surface area (Å²) >= 11 is 6.66. The Balaban J connectivity index is 1.75. The predicted octanol–water partition coefficient (Wildman–Crippen LogP) is 5.56. The van der Waals surface area contributed by atoms with Gasteiger partial charge in [-0.3, -0.25) is 0 Å². The zero-order chi connectivity index (χ0) is 15.8. The Morgan fingerprint density at radius 3 is 2.78 bits per heavy atom. The van der Waals surface area contributed by atoms with Crippen molar-refractivity contribution < 1.29 is 4.42 Å². The van der Waals surface area contributed by atoms with E-state index in [9.17, 15) is 0 Å². The number of nitrogens with zero attached hydrogens (tertiary/aromatic N) is 2. The Morgan fingerprint density at radius 1 is 1.13 bits per heavy atom. The Hall–Kier alpha value is -2.31. The highest BCUT2D eigenvalue weighted by Crippen LogP contribution is 2.43. The van der Waals surface area contributed by atoms with Crippen molar-refractivity contribution >= 4 is 22.7 Å². The lowest BCUT2D eigenvalue weighted by atomic mass is 9.95. The fourth-order valence-electron chi connectivity index (χ4n) is 3.40. The average molecular weight is 323 g/mol. The van der Waals surface area contributed by atoms with Gasteiger partial charge in [0.05, 0.1) is 16.7 Å². The minimum atomic E-state index is 0.143. The molecule has 23 heavy (non-hydrogen) atoms. The van der Waals surface area contributed by atoms with Crippen LogP contribution < -0.4 is 0 Å². The quantitative estimate of drug-likeness (QED) is 0.621. The van der Waals surface area contributed by atoms with Crippen LogP contribution in [-0.2, 0) is 0 Å². The molecule has 3 aromatic rings. The number of aromatic nitrogens is 1. The second-order valence-corrected chi connectivity index (χ2v) is 6.41. The molecule has 0 amide bonds. The number of benzene rings is 2. The van der Waals surface area contributed by atoms with Crippen molar-refractivity contribution in [3.05, 3.63) is 53.1 Å². The number of halogens is 1. The summed E-state index contributed by atoms with van der Waals surface area (Å²) < 4.78 is 5.85. The van der Waals surface area contributed by atoms with Gasteiger partial charge < -0.3 is 4.42 Å². The molecule has 4 rings (SSSR count). The van der Waals surface area contributed by atoms with Gasteiger partial charge in [-0.1, -0.05) is 35.9 Å². The number of para-hydroxylation sites is 2. The molecule has 1 heterocycles. The highest BCUT2D eigenvalue weighted by Gasteiger charge is 2.28. The van der Waals surface area contributed by atoms with Crippen molar-refractivity contribution in [2.24, 2.45) is 5.92 Å². The van der Waals surface area contributed by atoms with Crippen molar-refractivity contribution in [2.75, 3.05) is 0 Å². The van der Waals surface area contributed by atoms with E-state index in [0.717, 1.165) is 41.5 Å². The first kappa shape index (κ1) is 14.3. The van der Waals surface area contributed by atoms with Gasteiger partial charge in [0, 0.05) is 5.92 Å². The molecule has 0 spiro atoms. The van der Waals surface area contributed by atoms with E-state index in [1.807, 2.05) is 36.4 Å². The maximum absolute atomic E-state index is 9.11. The summed E-state index contributed by atoms with van der Waals surface area (Å²) in [6.07, 6.45) is 2.84. The SMILES string of the molecule is N#CC1CCC(c2cccc(-c3nc4ccccc4o3)c2Cl)C1. The summed E-state index contributed by atoms with van der Waals surface area (Å²) in [5, 5.41) is 9.80. The summed E-state index contributed by atoms with van der Waals surface area (Å²) in [6, 6.07) is 16.0. The van der Waals surface area contributed by atoms with Crippen LogP contribution in [0.4, 0.5) is 0 Å². The van der Waals surface area contributed by atoms with Gasteiger partial charge in [0.1, 0.15) is 5.52 Å². The van der Waals surface area contributed by atoms with Crippen molar-refractivity contribution in [1.82, 2.24) is 4.98 Å². The Bertz CT molecular complexity index is 876. The van der Waals surface area contributed by atoms with Gasteiger partial charge in [0.2, 0.25) is 5.89 Å². The summed E-state index contributed by atoms with van der Waals surface area (Å²) in [7, 11) is 0. The summed E-state index contributed by atoms with van der Waals surface area (Å²) in [6.45, 7) is 0. The van der Waals surface area contributed by atoms with E-state index in [1.165, 1.54) is 0 Å². The highest BCUT2D eigenvalue weighted by atomic mass is 35.5. The van der Waals surface area contributed by atoms with Crippen LogP contribution in [0.1, 0.15) is 30.7 Å². The molecule has 0 N–H and O–H groups in total. The standard InChI is InChI=1S/C19H15ClN2O/c20-18-14(13-9-8-12(10-13)11-21)4-3-5-15(18)19-22-16-6-1-2-7-17(16)23-19/h1-7,12-13H,8-10H2. The Kier molecular flexibility index (Phi) is 3.55. The van der Waals surface area contributed by atoms with Crippen molar-refractivity contribution in [3.63, 3.8) is 0 Å². The molecule has 2 unspecified atom stereocenters. The molecule has 0 bridgehead atoms. The molecule has 1 saturated carbocycles. The van der Waals surface area contributed by atoms with Crippen LogP contribution in [0.25, 0.3) is 22.6 Å². The summed E-state index contributed by atoms with van der Waals surface area (Å²) in [5.74, 6) is 1.04. The molecule has 114 valence electrons. The first-order valence-electron chi connectivity index (χ1n) is 7.80. The Morgan fingerprint density at radius 2 is 2.00 bits per heavy atom. The fourth-order valence-corrected chi connectivity index (χ4v) is 3.76. The monoisotopic (exact) mass is 322 g/mol. The van der Waals surface area contributed by atoms with Crippen LogP contribution in [0.5, 0.6) is 0 Å². The zero-order valence-corrected chi connectivity index (χ0v) is 13.3. The maximum atomic E-state index is 9.11. The predicted molar refractivity (Wildman–Crippen MR) is 90.2 cm³/mol. The number of fused-ring (bicyclic) bond motifs is 1. The lowest BCUT2D eigenvalue weighted by Crippen LogP contribution is -1.96. The molecule has 0 saturated heterocycles. The minimum Gasteiger partial charge on any atom is -0.436 e. The van der Waals surface area contributed by atoms with Crippen LogP contribution in [0.15, 0.2) is 46.9 Å². The third-order valence-corrected chi connectivity index (χ3v) is 5.03. The number of hydrogen-bond acceptors (Lipinski definition) is 3. The minimum absolute atomic E-state index is 0.143. The maximum Gasteiger partial charge on any atom is 0.228 e. The van der Waals surface area contributed by atoms with Crippen LogP contribution in [0, 0.1) is 17.2 Å². The van der Waals surface area contributed by atoms with Crippen LogP contribution in [-0.4, -0.2) is 4.98 Å². The van der Waals surface area contributed by atoms with E-state index in [-0.39, 0.29) is 5.92 Å². The smallest absolute Gasteiger partial charge is 0.228 e. The van der Waals surface area contributed by atoms with E-state index in [2.05, 4.69) is 17.1 Å². The van der Waals surface area contributed by atoms with Gasteiger partial charge in [0.25, 0.3) is 0 Å². The van der Waals surface area contributed by atoms with E-state index >= 15 is 0 Å². The number of hydrogen-bond donors (Lipinski definition) is 0. The molecule has 2 aromatic carbocycles. The van der Waals surface area contributed by atoms with Crippen molar-refractivity contribution in [2.45, 2.75) is 25.2 Å². The second kappa shape index (κ2) is 5.72. The van der Waals surface area contributed by atoms with Crippen molar-refractivity contribution in [3.8, 4) is 17.5 Å². The van der Waals surface area contributed by atoms with E-state index < -0.39 is 0 Å². The number of rotatable bonds is 2. The summed E-state index contributed by atoms with van der Waals surface area (Å²) in [5.41, 5.74) is 3.51. The molecule has 1 aliphatic carbocycles. The lowest BCUT2D eigenvalue weighted by Gasteiger charge is -2.13. The second-order valence-electron chi connectivity index (χ2n) is 6.03. The van der Waals surface area contributed by atoms with Gasteiger partial charge >= 0.3 is 0 Å². The molecule has 4 heteroatoms. The van der Waals surface area contributed by atoms with E-state index in [4.69, 9.17) is 21.3 Å². The number of oxazole rings is 1. The largest absolute Gasteiger partial charge is 0.436 e. The number of nitriles is 1. The normalized spacial score (nSPS) is 20.7. The van der Waals surface area contributed by atoms with Crippen molar-refractivity contribution in [1.29, 1.82) is 5.26 Å². The highest BCUT2D eigenvalue weighted by molar-refractivity contribution is 6.34. The van der Waals surface area contributed by atoms with Crippen LogP contribution >= 0.6 is 11.6 Å². The average Bonchev–Trinajstić information content (AvgIpc) is 3.21. The fraction of sp³-hybridized carbons (Fsp3) is 0.263. The van der Waals surface area contributed by atoms with Crippen LogP contribution in [0.3, 0.4) is 0 Å². The third kappa shape index (κ3) is 2.50. The van der Waals surface area contributed by atoms with Gasteiger partial charge in [-0.05, 0) is 48.9 Å². The molecule has 1 fully saturated rings. The zero-order valence-electron chi connectivity index (χ0n) is 12.5. The molecule has 1 aliphatic rings. The molecular formula is C19H15ClN2O. The Labute approximate surface area is 139 Å². The lowest BCUT2D eigenvalue weighted by molar-refractivity contribution is 0.619. The van der Waals surface area contributed by atoms with E-state index in [1.54, 1.807) is 0 Å². The topological polar surface area (TPSA) is 49.8 Å². The first-order valence-corrected chi connectivity index (χ1v) is 8.18. The third-order valence-electron chi connectivity index (χ3n) is 4.61. The molecule has 0 aliphatic heterocycles.